The Balaban J connectivity index is 1.91. The second kappa shape index (κ2) is 6.71. The zero-order valence-corrected chi connectivity index (χ0v) is 11.9. The fourth-order valence-electron chi connectivity index (χ4n) is 2.69. The number of ether oxygens (including phenoxy) is 1. The standard InChI is InChI=1S/C16H23NO2/c1-3-19-11-10-16(18)17(2)15-9-8-13-6-4-5-7-14(13)12-15/h4-7,15H,3,8-12H2,1-2H3/t15-/m0/s1. The van der Waals surface area contributed by atoms with Crippen molar-refractivity contribution in [3.63, 3.8) is 0 Å². The predicted molar refractivity (Wildman–Crippen MR) is 76.1 cm³/mol. The van der Waals surface area contributed by atoms with E-state index in [1.54, 1.807) is 0 Å². The molecule has 1 amide bonds. The number of hydrogen-bond acceptors (Lipinski definition) is 2. The largest absolute Gasteiger partial charge is 0.381 e. The number of likely N-dealkylation sites (N-methyl/N-ethyl adjacent to an activating group) is 1. The van der Waals surface area contributed by atoms with Gasteiger partial charge in [-0.2, -0.15) is 0 Å². The summed E-state index contributed by atoms with van der Waals surface area (Å²) in [7, 11) is 1.92. The molecule has 3 heteroatoms. The maximum atomic E-state index is 12.1. The van der Waals surface area contributed by atoms with Gasteiger partial charge in [0.15, 0.2) is 0 Å². The molecule has 0 saturated heterocycles. The normalized spacial score (nSPS) is 17.9. The lowest BCUT2D eigenvalue weighted by atomic mass is 9.87. The van der Waals surface area contributed by atoms with Gasteiger partial charge in [-0.25, -0.2) is 0 Å². The van der Waals surface area contributed by atoms with E-state index in [4.69, 9.17) is 4.74 Å². The van der Waals surface area contributed by atoms with Crippen molar-refractivity contribution in [3.8, 4) is 0 Å². The smallest absolute Gasteiger partial charge is 0.224 e. The van der Waals surface area contributed by atoms with Crippen LogP contribution in [0.5, 0.6) is 0 Å². The van der Waals surface area contributed by atoms with Gasteiger partial charge in [0, 0.05) is 19.7 Å². The molecule has 1 aromatic carbocycles. The molecule has 1 aliphatic rings. The van der Waals surface area contributed by atoms with E-state index >= 15 is 0 Å². The molecule has 0 N–H and O–H groups in total. The van der Waals surface area contributed by atoms with Crippen molar-refractivity contribution >= 4 is 5.91 Å². The first-order valence-corrected chi connectivity index (χ1v) is 7.12. The lowest BCUT2D eigenvalue weighted by molar-refractivity contribution is -0.133. The van der Waals surface area contributed by atoms with Crippen LogP contribution >= 0.6 is 0 Å². The van der Waals surface area contributed by atoms with Crippen molar-refractivity contribution in [1.29, 1.82) is 0 Å². The van der Waals surface area contributed by atoms with E-state index in [2.05, 4.69) is 24.3 Å². The van der Waals surface area contributed by atoms with Gasteiger partial charge in [-0.3, -0.25) is 4.79 Å². The summed E-state index contributed by atoms with van der Waals surface area (Å²) in [5.74, 6) is 0.192. The highest BCUT2D eigenvalue weighted by Crippen LogP contribution is 2.24. The SMILES string of the molecule is CCOCCC(=O)N(C)[C@H]1CCc2ccccc2C1. The van der Waals surface area contributed by atoms with Gasteiger partial charge in [0.1, 0.15) is 0 Å². The van der Waals surface area contributed by atoms with Crippen molar-refractivity contribution in [2.45, 2.75) is 38.6 Å². The molecule has 0 aromatic heterocycles. The number of nitrogens with zero attached hydrogens (tertiary/aromatic N) is 1. The van der Waals surface area contributed by atoms with E-state index < -0.39 is 0 Å². The van der Waals surface area contributed by atoms with E-state index in [0.29, 0.717) is 25.7 Å². The summed E-state index contributed by atoms with van der Waals surface area (Å²) in [6.45, 7) is 3.16. The maximum absolute atomic E-state index is 12.1. The molecule has 1 aromatic rings. The van der Waals surface area contributed by atoms with Crippen LogP contribution in [0.2, 0.25) is 0 Å². The predicted octanol–water partition coefficient (Wildman–Crippen LogP) is 2.43. The van der Waals surface area contributed by atoms with Crippen molar-refractivity contribution in [2.75, 3.05) is 20.3 Å². The average Bonchev–Trinajstić information content (AvgIpc) is 2.46. The van der Waals surface area contributed by atoms with Gasteiger partial charge in [-0.05, 0) is 37.3 Å². The third-order valence-electron chi connectivity index (χ3n) is 3.93. The zero-order valence-electron chi connectivity index (χ0n) is 11.9. The number of aryl methyl sites for hydroxylation is 1. The highest BCUT2D eigenvalue weighted by atomic mass is 16.5. The van der Waals surface area contributed by atoms with Gasteiger partial charge in [-0.15, -0.1) is 0 Å². The Labute approximate surface area is 115 Å². The van der Waals surface area contributed by atoms with Crippen LogP contribution in [0.4, 0.5) is 0 Å². The van der Waals surface area contributed by atoms with Crippen molar-refractivity contribution in [2.24, 2.45) is 0 Å². The Kier molecular flexibility index (Phi) is 4.97. The van der Waals surface area contributed by atoms with E-state index in [-0.39, 0.29) is 5.91 Å². The van der Waals surface area contributed by atoms with Crippen molar-refractivity contribution in [3.05, 3.63) is 35.4 Å². The first kappa shape index (κ1) is 14.1. The summed E-state index contributed by atoms with van der Waals surface area (Å²) in [6.07, 6.45) is 3.60. The van der Waals surface area contributed by atoms with Gasteiger partial charge < -0.3 is 9.64 Å². The molecule has 0 spiro atoms. The van der Waals surface area contributed by atoms with E-state index in [1.807, 2.05) is 18.9 Å². The molecule has 104 valence electrons. The molecule has 3 nitrogen and oxygen atoms in total. The molecule has 2 rings (SSSR count). The average molecular weight is 261 g/mol. The van der Waals surface area contributed by atoms with E-state index in [9.17, 15) is 4.79 Å². The summed E-state index contributed by atoms with van der Waals surface area (Å²) in [5.41, 5.74) is 2.83. The van der Waals surface area contributed by atoms with E-state index in [1.165, 1.54) is 11.1 Å². The van der Waals surface area contributed by atoms with E-state index in [0.717, 1.165) is 19.3 Å². The van der Waals surface area contributed by atoms with Gasteiger partial charge in [0.25, 0.3) is 0 Å². The minimum absolute atomic E-state index is 0.192. The molecular weight excluding hydrogens is 238 g/mol. The molecule has 0 aliphatic heterocycles. The molecular formula is C16H23NO2. The Morgan fingerprint density at radius 2 is 2.11 bits per heavy atom. The number of rotatable bonds is 5. The summed E-state index contributed by atoms with van der Waals surface area (Å²) >= 11 is 0. The minimum atomic E-state index is 0.192. The third kappa shape index (κ3) is 3.57. The Morgan fingerprint density at radius 1 is 1.37 bits per heavy atom. The molecule has 1 aliphatic carbocycles. The van der Waals surface area contributed by atoms with Gasteiger partial charge in [-0.1, -0.05) is 24.3 Å². The summed E-state index contributed by atoms with van der Waals surface area (Å²) in [5, 5.41) is 0. The van der Waals surface area contributed by atoms with Crippen LogP contribution in [0, 0.1) is 0 Å². The Morgan fingerprint density at radius 3 is 2.84 bits per heavy atom. The topological polar surface area (TPSA) is 29.5 Å². The highest BCUT2D eigenvalue weighted by molar-refractivity contribution is 5.76. The molecule has 1 atom stereocenters. The van der Waals surface area contributed by atoms with Gasteiger partial charge >= 0.3 is 0 Å². The summed E-state index contributed by atoms with van der Waals surface area (Å²) in [6, 6.07) is 8.89. The summed E-state index contributed by atoms with van der Waals surface area (Å²) in [4.78, 5) is 14.0. The van der Waals surface area contributed by atoms with Crippen LogP contribution in [0.25, 0.3) is 0 Å². The van der Waals surface area contributed by atoms with Crippen molar-refractivity contribution in [1.82, 2.24) is 4.90 Å². The fourth-order valence-corrected chi connectivity index (χ4v) is 2.69. The van der Waals surface area contributed by atoms with Crippen LogP contribution < -0.4 is 0 Å². The van der Waals surface area contributed by atoms with Crippen molar-refractivity contribution < 1.29 is 9.53 Å². The first-order chi connectivity index (χ1) is 9.22. The molecule has 19 heavy (non-hydrogen) atoms. The summed E-state index contributed by atoms with van der Waals surface area (Å²) < 4.78 is 5.25. The molecule has 0 bridgehead atoms. The fraction of sp³-hybridized carbons (Fsp3) is 0.562. The molecule has 0 radical (unpaired) electrons. The van der Waals surface area contributed by atoms with Gasteiger partial charge in [0.05, 0.1) is 13.0 Å². The molecule has 0 heterocycles. The lowest BCUT2D eigenvalue weighted by Crippen LogP contribution is -2.40. The van der Waals surface area contributed by atoms with Crippen LogP contribution in [0.15, 0.2) is 24.3 Å². The number of amides is 1. The first-order valence-electron chi connectivity index (χ1n) is 7.12. The monoisotopic (exact) mass is 261 g/mol. The Bertz CT molecular complexity index is 431. The number of fused-ring (bicyclic) bond motifs is 1. The molecule has 0 unspecified atom stereocenters. The number of benzene rings is 1. The lowest BCUT2D eigenvalue weighted by Gasteiger charge is -2.32. The minimum Gasteiger partial charge on any atom is -0.381 e. The van der Waals surface area contributed by atoms with Crippen LogP contribution in [-0.2, 0) is 22.4 Å². The molecule has 0 saturated carbocycles. The quantitative estimate of drug-likeness (QED) is 0.762. The highest BCUT2D eigenvalue weighted by Gasteiger charge is 2.24. The van der Waals surface area contributed by atoms with Crippen LogP contribution in [-0.4, -0.2) is 37.1 Å². The number of carbonyl (C=O) groups is 1. The third-order valence-corrected chi connectivity index (χ3v) is 3.93. The number of hydrogen-bond donors (Lipinski definition) is 0. The Hall–Kier alpha value is -1.35. The second-order valence-corrected chi connectivity index (χ2v) is 5.12. The second-order valence-electron chi connectivity index (χ2n) is 5.12. The van der Waals surface area contributed by atoms with Crippen LogP contribution in [0.3, 0.4) is 0 Å². The molecule has 0 fully saturated rings. The van der Waals surface area contributed by atoms with Gasteiger partial charge in [0.2, 0.25) is 5.91 Å². The maximum Gasteiger partial charge on any atom is 0.224 e. The zero-order chi connectivity index (χ0) is 13.7. The number of carbonyl (C=O) groups excluding carboxylic acids is 1. The van der Waals surface area contributed by atoms with Crippen LogP contribution in [0.1, 0.15) is 30.9 Å².